The fourth-order valence-electron chi connectivity index (χ4n) is 2.48. The van der Waals surface area contributed by atoms with E-state index in [9.17, 15) is 0 Å². The van der Waals surface area contributed by atoms with Crippen molar-refractivity contribution in [1.29, 1.82) is 0 Å². The number of rotatable bonds is 10. The van der Waals surface area contributed by atoms with Crippen LogP contribution < -0.4 is 20.3 Å². The van der Waals surface area contributed by atoms with E-state index in [4.69, 9.17) is 9.47 Å². The minimum absolute atomic E-state index is 0.623. The molecule has 154 valence electrons. The zero-order chi connectivity index (χ0) is 20.4. The number of nitrogens with zero attached hydrogens (tertiary/aromatic N) is 3. The second-order valence-corrected chi connectivity index (χ2v) is 7.44. The second-order valence-electron chi connectivity index (χ2n) is 6.60. The van der Waals surface area contributed by atoms with Crippen LogP contribution in [0.15, 0.2) is 28.6 Å². The molecule has 2 rings (SSSR count). The van der Waals surface area contributed by atoms with Crippen molar-refractivity contribution < 1.29 is 9.47 Å². The number of methoxy groups -OCH3 is 1. The number of anilines is 1. The lowest BCUT2D eigenvalue weighted by Gasteiger charge is -2.15. The maximum Gasteiger partial charge on any atom is 0.191 e. The van der Waals surface area contributed by atoms with Crippen molar-refractivity contribution in [2.24, 2.45) is 4.99 Å². The molecule has 0 aliphatic heterocycles. The summed E-state index contributed by atoms with van der Waals surface area (Å²) in [6.07, 6.45) is 0.864. The quantitative estimate of drug-likeness (QED) is 0.360. The molecule has 0 unspecified atom stereocenters. The van der Waals surface area contributed by atoms with Crippen molar-refractivity contribution in [2.75, 3.05) is 46.4 Å². The van der Waals surface area contributed by atoms with Gasteiger partial charge in [-0.3, -0.25) is 4.99 Å². The van der Waals surface area contributed by atoms with Crippen LogP contribution in [0.3, 0.4) is 0 Å². The van der Waals surface area contributed by atoms with Gasteiger partial charge in [-0.2, -0.15) is 0 Å². The normalized spacial score (nSPS) is 11.4. The van der Waals surface area contributed by atoms with Gasteiger partial charge in [0, 0.05) is 58.8 Å². The van der Waals surface area contributed by atoms with Crippen molar-refractivity contribution in [3.05, 3.63) is 40.4 Å². The van der Waals surface area contributed by atoms with Crippen LogP contribution in [0.4, 0.5) is 5.13 Å². The minimum Gasteiger partial charge on any atom is -0.493 e. The SMILES string of the molecule is CN=C(NCc1csc(N(C)C)n1)NCc1ccc(C)cc1OCCCOC. The number of guanidine groups is 1. The molecule has 0 fully saturated rings. The molecular formula is C20H31N5O2S. The Hall–Kier alpha value is -2.32. The van der Waals surface area contributed by atoms with E-state index < -0.39 is 0 Å². The number of thiazole rings is 1. The zero-order valence-electron chi connectivity index (χ0n) is 17.4. The van der Waals surface area contributed by atoms with Gasteiger partial charge in [-0.15, -0.1) is 11.3 Å². The average molecular weight is 406 g/mol. The van der Waals surface area contributed by atoms with Gasteiger partial charge in [0.25, 0.3) is 0 Å². The first-order valence-electron chi connectivity index (χ1n) is 9.31. The van der Waals surface area contributed by atoms with Crippen LogP contribution in [0.1, 0.15) is 23.2 Å². The number of aromatic nitrogens is 1. The summed E-state index contributed by atoms with van der Waals surface area (Å²) in [4.78, 5) is 10.9. The Morgan fingerprint density at radius 2 is 2.00 bits per heavy atom. The summed E-state index contributed by atoms with van der Waals surface area (Å²) in [6, 6.07) is 6.25. The first-order valence-corrected chi connectivity index (χ1v) is 10.2. The highest BCUT2D eigenvalue weighted by Crippen LogP contribution is 2.21. The monoisotopic (exact) mass is 405 g/mol. The van der Waals surface area contributed by atoms with Crippen LogP contribution in [0, 0.1) is 6.92 Å². The van der Waals surface area contributed by atoms with Gasteiger partial charge in [0.15, 0.2) is 11.1 Å². The molecule has 0 aliphatic rings. The highest BCUT2D eigenvalue weighted by Gasteiger charge is 2.08. The third kappa shape index (κ3) is 7.01. The van der Waals surface area contributed by atoms with Crippen LogP contribution in [0.25, 0.3) is 0 Å². The van der Waals surface area contributed by atoms with E-state index in [1.807, 2.05) is 19.0 Å². The molecule has 0 atom stereocenters. The third-order valence-electron chi connectivity index (χ3n) is 4.00. The van der Waals surface area contributed by atoms with Gasteiger partial charge in [-0.25, -0.2) is 4.98 Å². The van der Waals surface area contributed by atoms with Crippen LogP contribution in [0.5, 0.6) is 5.75 Å². The van der Waals surface area contributed by atoms with E-state index >= 15 is 0 Å². The fraction of sp³-hybridized carbons (Fsp3) is 0.500. The Bertz CT molecular complexity index is 761. The predicted molar refractivity (Wildman–Crippen MR) is 117 cm³/mol. The summed E-state index contributed by atoms with van der Waals surface area (Å²) in [7, 11) is 7.45. The molecule has 2 N–H and O–H groups in total. The van der Waals surface area contributed by atoms with E-state index in [1.165, 1.54) is 5.56 Å². The molecule has 2 aromatic rings. The Labute approximate surface area is 171 Å². The highest BCUT2D eigenvalue weighted by molar-refractivity contribution is 7.13. The first-order chi connectivity index (χ1) is 13.5. The number of benzene rings is 1. The standard InChI is InChI=1S/C20H31N5O2S/c1-15-7-8-16(18(11-15)27-10-6-9-26-5)12-22-19(21-2)23-13-17-14-28-20(24-17)25(3)4/h7-8,11,14H,6,9-10,12-13H2,1-5H3,(H2,21,22,23). The topological polar surface area (TPSA) is 71.0 Å². The molecule has 8 heteroatoms. The van der Waals surface area contributed by atoms with Gasteiger partial charge < -0.3 is 25.0 Å². The van der Waals surface area contributed by atoms with Gasteiger partial charge in [0.1, 0.15) is 5.75 Å². The largest absolute Gasteiger partial charge is 0.493 e. The van der Waals surface area contributed by atoms with Crippen molar-refractivity contribution in [1.82, 2.24) is 15.6 Å². The van der Waals surface area contributed by atoms with Crippen LogP contribution in [-0.2, 0) is 17.8 Å². The number of aryl methyl sites for hydroxylation is 1. The number of hydrogen-bond acceptors (Lipinski definition) is 6. The Morgan fingerprint density at radius 1 is 1.21 bits per heavy atom. The lowest BCUT2D eigenvalue weighted by atomic mass is 10.1. The summed E-state index contributed by atoms with van der Waals surface area (Å²) in [6.45, 7) is 4.64. The molecule has 0 aliphatic carbocycles. The van der Waals surface area contributed by atoms with E-state index in [1.54, 1.807) is 25.5 Å². The molecular weight excluding hydrogens is 374 g/mol. The van der Waals surface area contributed by atoms with Gasteiger partial charge in [-0.05, 0) is 18.6 Å². The number of ether oxygens (including phenoxy) is 2. The predicted octanol–water partition coefficient (Wildman–Crippen LogP) is 2.80. The van der Waals surface area contributed by atoms with Gasteiger partial charge >= 0.3 is 0 Å². The van der Waals surface area contributed by atoms with Crippen molar-refractivity contribution in [2.45, 2.75) is 26.4 Å². The van der Waals surface area contributed by atoms with Gasteiger partial charge in [0.2, 0.25) is 0 Å². The molecule has 7 nitrogen and oxygen atoms in total. The molecule has 1 aromatic carbocycles. The van der Waals surface area contributed by atoms with Gasteiger partial charge in [-0.1, -0.05) is 12.1 Å². The molecule has 0 bridgehead atoms. The number of hydrogen-bond donors (Lipinski definition) is 2. The molecule has 0 radical (unpaired) electrons. The molecule has 0 saturated heterocycles. The van der Waals surface area contributed by atoms with E-state index in [0.29, 0.717) is 26.3 Å². The Balaban J connectivity index is 1.89. The fourth-order valence-corrected chi connectivity index (χ4v) is 3.24. The molecule has 0 spiro atoms. The molecule has 1 aromatic heterocycles. The van der Waals surface area contributed by atoms with E-state index in [-0.39, 0.29) is 0 Å². The average Bonchev–Trinajstić information content (AvgIpc) is 3.16. The Morgan fingerprint density at radius 3 is 2.68 bits per heavy atom. The van der Waals surface area contributed by atoms with Crippen LogP contribution in [-0.4, -0.2) is 52.4 Å². The minimum atomic E-state index is 0.623. The molecule has 28 heavy (non-hydrogen) atoms. The maximum atomic E-state index is 5.95. The molecule has 0 amide bonds. The number of nitrogens with one attached hydrogen (secondary N) is 2. The maximum absolute atomic E-state index is 5.95. The lowest BCUT2D eigenvalue weighted by Crippen LogP contribution is -2.36. The summed E-state index contributed by atoms with van der Waals surface area (Å²) >= 11 is 1.63. The Kier molecular flexibility index (Phi) is 9.03. The van der Waals surface area contributed by atoms with E-state index in [0.717, 1.165) is 34.5 Å². The summed E-state index contributed by atoms with van der Waals surface area (Å²) < 4.78 is 11.0. The van der Waals surface area contributed by atoms with E-state index in [2.05, 4.69) is 51.1 Å². The lowest BCUT2D eigenvalue weighted by molar-refractivity contribution is 0.171. The smallest absolute Gasteiger partial charge is 0.191 e. The molecule has 0 saturated carbocycles. The van der Waals surface area contributed by atoms with Crippen molar-refractivity contribution in [3.8, 4) is 5.75 Å². The van der Waals surface area contributed by atoms with Crippen molar-refractivity contribution in [3.63, 3.8) is 0 Å². The summed E-state index contributed by atoms with van der Waals surface area (Å²) in [5.41, 5.74) is 3.26. The third-order valence-corrected chi connectivity index (χ3v) is 5.06. The van der Waals surface area contributed by atoms with Crippen molar-refractivity contribution >= 4 is 22.4 Å². The van der Waals surface area contributed by atoms with Crippen LogP contribution >= 0.6 is 11.3 Å². The zero-order valence-corrected chi connectivity index (χ0v) is 18.2. The van der Waals surface area contributed by atoms with Crippen LogP contribution in [0.2, 0.25) is 0 Å². The number of aliphatic imine (C=N–C) groups is 1. The summed E-state index contributed by atoms with van der Waals surface area (Å²) in [5, 5.41) is 9.70. The first kappa shape index (κ1) is 22.0. The summed E-state index contributed by atoms with van der Waals surface area (Å²) in [5.74, 6) is 1.62. The second kappa shape index (κ2) is 11.5. The highest BCUT2D eigenvalue weighted by atomic mass is 32.1. The van der Waals surface area contributed by atoms with Gasteiger partial charge in [0.05, 0.1) is 18.8 Å². The molecule has 1 heterocycles.